The SMILES string of the molecule is O=P1(OC[C@@H](O)[C@H]2O[C@@H](OP3(=O)OCC[C@H](c4cccc(Cl)c4)O3)[C@@H](O)[C@@H](O)[C@@H]2O)OCC[C@@H](c2cccc(Cl)c2)O1. The van der Waals surface area contributed by atoms with Crippen LogP contribution in [0.5, 0.6) is 0 Å². The summed E-state index contributed by atoms with van der Waals surface area (Å²) in [5, 5.41) is 43.1. The minimum atomic E-state index is -4.37. The first-order valence-corrected chi connectivity index (χ1v) is 16.7. The van der Waals surface area contributed by atoms with E-state index in [1.54, 1.807) is 48.5 Å². The Morgan fingerprint density at radius 3 is 1.95 bits per heavy atom. The lowest BCUT2D eigenvalue weighted by Gasteiger charge is -2.43. The van der Waals surface area contributed by atoms with E-state index in [9.17, 15) is 29.6 Å². The number of ether oxygens (including phenoxy) is 1. The summed E-state index contributed by atoms with van der Waals surface area (Å²) in [5.74, 6) is 0. The molecule has 3 aliphatic heterocycles. The van der Waals surface area contributed by atoms with E-state index < -0.39 is 71.3 Å². The van der Waals surface area contributed by atoms with Crippen molar-refractivity contribution in [3.05, 3.63) is 69.7 Å². The summed E-state index contributed by atoms with van der Waals surface area (Å²) >= 11 is 12.1. The van der Waals surface area contributed by atoms with Crippen LogP contribution < -0.4 is 0 Å². The Morgan fingerprint density at radius 2 is 1.38 bits per heavy atom. The number of halogens is 2. The van der Waals surface area contributed by atoms with E-state index in [-0.39, 0.29) is 13.2 Å². The first-order chi connectivity index (χ1) is 20.0. The van der Waals surface area contributed by atoms with Crippen LogP contribution in [-0.4, -0.2) is 77.1 Å². The van der Waals surface area contributed by atoms with Crippen molar-refractivity contribution in [3.8, 4) is 0 Å². The van der Waals surface area contributed by atoms with Gasteiger partial charge in [0.15, 0.2) is 6.29 Å². The molecule has 0 spiro atoms. The van der Waals surface area contributed by atoms with Gasteiger partial charge in [0.1, 0.15) is 30.5 Å². The molecule has 3 saturated heterocycles. The summed E-state index contributed by atoms with van der Waals surface area (Å²) in [7, 11) is -8.55. The smallest absolute Gasteiger partial charge is 0.388 e. The van der Waals surface area contributed by atoms with Crippen LogP contribution in [0.25, 0.3) is 0 Å². The first-order valence-electron chi connectivity index (χ1n) is 13.0. The summed E-state index contributed by atoms with van der Waals surface area (Å²) in [6.45, 7) is -0.745. The van der Waals surface area contributed by atoms with E-state index in [2.05, 4.69) is 0 Å². The highest BCUT2D eigenvalue weighted by atomic mass is 35.5. The summed E-state index contributed by atoms with van der Waals surface area (Å²) in [5.41, 5.74) is 1.26. The minimum absolute atomic E-state index is 0.0272. The van der Waals surface area contributed by atoms with Gasteiger partial charge in [0.25, 0.3) is 0 Å². The molecule has 2 unspecified atom stereocenters. The van der Waals surface area contributed by atoms with Gasteiger partial charge in [0.05, 0.1) is 32.0 Å². The molecule has 5 rings (SSSR count). The number of phosphoric ester groups is 2. The highest BCUT2D eigenvalue weighted by Gasteiger charge is 2.51. The lowest BCUT2D eigenvalue weighted by atomic mass is 9.96. The second kappa shape index (κ2) is 13.6. The van der Waals surface area contributed by atoms with E-state index >= 15 is 0 Å². The molecule has 0 radical (unpaired) electrons. The van der Waals surface area contributed by atoms with Crippen LogP contribution in [0.4, 0.5) is 0 Å². The van der Waals surface area contributed by atoms with Crippen LogP contribution in [0.2, 0.25) is 10.0 Å². The lowest BCUT2D eigenvalue weighted by Crippen LogP contribution is -2.61. The van der Waals surface area contributed by atoms with Crippen LogP contribution in [0.1, 0.15) is 36.2 Å². The average molecular weight is 671 g/mol. The number of hydrogen-bond acceptors (Lipinski definition) is 13. The maximum absolute atomic E-state index is 13.3. The van der Waals surface area contributed by atoms with E-state index in [0.717, 1.165) is 0 Å². The zero-order chi connectivity index (χ0) is 30.1. The quantitative estimate of drug-likeness (QED) is 0.296. The summed E-state index contributed by atoms with van der Waals surface area (Å²) < 4.78 is 64.2. The number of aliphatic hydroxyl groups excluding tert-OH is 4. The van der Waals surface area contributed by atoms with Crippen LogP contribution in [0, 0.1) is 0 Å². The van der Waals surface area contributed by atoms with Crippen molar-refractivity contribution in [2.45, 2.75) is 61.9 Å². The summed E-state index contributed by atoms with van der Waals surface area (Å²) in [6.07, 6.45) is -11.6. The van der Waals surface area contributed by atoms with Crippen LogP contribution in [-0.2, 0) is 41.0 Å². The highest BCUT2D eigenvalue weighted by Crippen LogP contribution is 2.59. The molecule has 4 N–H and O–H groups in total. The molecule has 10 atom stereocenters. The van der Waals surface area contributed by atoms with Gasteiger partial charge in [0.2, 0.25) is 0 Å². The monoisotopic (exact) mass is 670 g/mol. The molecule has 13 nitrogen and oxygen atoms in total. The van der Waals surface area contributed by atoms with Crippen LogP contribution >= 0.6 is 38.8 Å². The van der Waals surface area contributed by atoms with E-state index in [1.807, 2.05) is 0 Å². The predicted molar refractivity (Wildman–Crippen MR) is 147 cm³/mol. The second-order valence-electron chi connectivity index (χ2n) is 9.85. The van der Waals surface area contributed by atoms with Gasteiger partial charge in [-0.1, -0.05) is 47.5 Å². The average Bonchev–Trinajstić information content (AvgIpc) is 2.96. The van der Waals surface area contributed by atoms with Gasteiger partial charge in [-0.15, -0.1) is 0 Å². The van der Waals surface area contributed by atoms with Crippen molar-refractivity contribution in [2.24, 2.45) is 0 Å². The Morgan fingerprint density at radius 1 is 0.833 bits per heavy atom. The molecule has 3 heterocycles. The Labute approximate surface area is 251 Å². The maximum atomic E-state index is 13.3. The molecule has 3 aliphatic rings. The maximum Gasteiger partial charge on any atom is 0.477 e. The van der Waals surface area contributed by atoms with Gasteiger partial charge in [-0.05, 0) is 35.4 Å². The van der Waals surface area contributed by atoms with E-state index in [1.165, 1.54) is 0 Å². The van der Waals surface area contributed by atoms with Gasteiger partial charge in [0, 0.05) is 22.9 Å². The standard InChI is InChI=1S/C25H30Cl2O13P2/c26-16-5-1-3-14(11-16)19-7-9-34-41(32,38-19)36-13-18(28)24-22(30)21(29)23(31)25(37-24)40-42(33)35-10-8-20(39-42)15-4-2-6-17(27)12-15/h1-6,11-12,18-25,28-31H,7-10,13H2/t18-,19+,20-,21+,22+,23+,24-,25+,41?,42?/m1/s1. The topological polar surface area (TPSA) is 180 Å². The molecule has 17 heteroatoms. The van der Waals surface area contributed by atoms with Gasteiger partial charge < -0.3 is 25.2 Å². The Bertz CT molecular complexity index is 1330. The number of benzene rings is 2. The third-order valence-electron chi connectivity index (χ3n) is 6.83. The van der Waals surface area contributed by atoms with Gasteiger partial charge in [-0.3, -0.25) is 27.1 Å². The molecule has 0 saturated carbocycles. The fraction of sp³-hybridized carbons (Fsp3) is 0.520. The van der Waals surface area contributed by atoms with Crippen molar-refractivity contribution in [3.63, 3.8) is 0 Å². The first kappa shape index (κ1) is 32.4. The molecular weight excluding hydrogens is 641 g/mol. The van der Waals surface area contributed by atoms with Crippen molar-refractivity contribution >= 4 is 38.8 Å². The molecule has 2 aromatic rings. The molecule has 2 aromatic carbocycles. The Balaban J connectivity index is 1.22. The molecule has 0 aliphatic carbocycles. The van der Waals surface area contributed by atoms with Crippen molar-refractivity contribution in [1.29, 1.82) is 0 Å². The van der Waals surface area contributed by atoms with Crippen LogP contribution in [0.15, 0.2) is 48.5 Å². The molecule has 0 bridgehead atoms. The highest BCUT2D eigenvalue weighted by molar-refractivity contribution is 7.48. The van der Waals surface area contributed by atoms with Crippen LogP contribution in [0.3, 0.4) is 0 Å². The van der Waals surface area contributed by atoms with Gasteiger partial charge in [-0.2, -0.15) is 0 Å². The fourth-order valence-electron chi connectivity index (χ4n) is 4.68. The summed E-state index contributed by atoms with van der Waals surface area (Å²) in [4.78, 5) is 0. The number of phosphoric acid groups is 2. The Hall–Kier alpha value is -0.960. The predicted octanol–water partition coefficient (Wildman–Crippen LogP) is 4.07. The number of aliphatic hydroxyl groups is 4. The molecule has 232 valence electrons. The third-order valence-corrected chi connectivity index (χ3v) is 10.3. The van der Waals surface area contributed by atoms with Crippen molar-refractivity contribution in [1.82, 2.24) is 0 Å². The van der Waals surface area contributed by atoms with Gasteiger partial charge >= 0.3 is 15.6 Å². The Kier molecular flexibility index (Phi) is 10.5. The largest absolute Gasteiger partial charge is 0.477 e. The normalized spacial score (nSPS) is 38.2. The molecule has 0 amide bonds. The minimum Gasteiger partial charge on any atom is -0.388 e. The van der Waals surface area contributed by atoms with Gasteiger partial charge in [-0.25, -0.2) is 9.13 Å². The molecule has 42 heavy (non-hydrogen) atoms. The van der Waals surface area contributed by atoms with E-state index in [4.69, 9.17) is 55.1 Å². The zero-order valence-corrected chi connectivity index (χ0v) is 25.2. The number of rotatable bonds is 8. The molecule has 0 aromatic heterocycles. The van der Waals surface area contributed by atoms with Crippen molar-refractivity contribution in [2.75, 3.05) is 19.8 Å². The fourth-order valence-corrected chi connectivity index (χ4v) is 7.95. The third kappa shape index (κ3) is 7.63. The second-order valence-corrected chi connectivity index (χ2v) is 13.9. The molecular formula is C25H30Cl2O13P2. The number of hydrogen-bond donors (Lipinski definition) is 4. The summed E-state index contributed by atoms with van der Waals surface area (Å²) in [6, 6.07) is 13.5. The van der Waals surface area contributed by atoms with E-state index in [0.29, 0.717) is 34.0 Å². The lowest BCUT2D eigenvalue weighted by molar-refractivity contribution is -0.294. The zero-order valence-electron chi connectivity index (χ0n) is 21.9. The van der Waals surface area contributed by atoms with Crippen molar-refractivity contribution < 1.29 is 61.4 Å². The molecule has 3 fully saturated rings.